The first-order valence-corrected chi connectivity index (χ1v) is 6.87. The summed E-state index contributed by atoms with van der Waals surface area (Å²) in [5.74, 6) is 0.514. The number of nitro groups is 1. The lowest BCUT2D eigenvalue weighted by Crippen LogP contribution is -2.23. The van der Waals surface area contributed by atoms with E-state index in [9.17, 15) is 10.1 Å². The number of hydrogen-bond acceptors (Lipinski definition) is 7. The second-order valence-electron chi connectivity index (χ2n) is 4.20. The molecule has 2 heterocycles. The zero-order chi connectivity index (χ0) is 14.7. The summed E-state index contributed by atoms with van der Waals surface area (Å²) in [6.45, 7) is 1.98. The van der Waals surface area contributed by atoms with Crippen molar-refractivity contribution in [3.8, 4) is 0 Å². The van der Waals surface area contributed by atoms with E-state index in [0.29, 0.717) is 5.82 Å². The molecule has 0 aliphatic heterocycles. The molecule has 1 N–H and O–H groups in total. The van der Waals surface area contributed by atoms with E-state index >= 15 is 0 Å². The summed E-state index contributed by atoms with van der Waals surface area (Å²) in [5.41, 5.74) is -0.110. The second kappa shape index (κ2) is 5.83. The van der Waals surface area contributed by atoms with E-state index in [2.05, 4.69) is 15.3 Å². The maximum absolute atomic E-state index is 11.3. The fraction of sp³-hybridized carbons (Fsp3) is 0.333. The molecule has 7 nitrogen and oxygen atoms in total. The van der Waals surface area contributed by atoms with Crippen LogP contribution in [0.5, 0.6) is 0 Å². The quantitative estimate of drug-likeness (QED) is 0.674. The summed E-state index contributed by atoms with van der Waals surface area (Å²) in [5, 5.41) is 16.0. The Morgan fingerprint density at radius 3 is 2.80 bits per heavy atom. The Morgan fingerprint density at radius 1 is 1.50 bits per heavy atom. The maximum atomic E-state index is 11.3. The van der Waals surface area contributed by atoms with Crippen LogP contribution in [0.2, 0.25) is 0 Å². The molecule has 20 heavy (non-hydrogen) atoms. The first-order chi connectivity index (χ1) is 9.56. The monoisotopic (exact) mass is 293 g/mol. The molecule has 2 aromatic heterocycles. The summed E-state index contributed by atoms with van der Waals surface area (Å²) in [7, 11) is 3.39. The molecule has 1 atom stereocenters. The molecule has 0 saturated heterocycles. The number of rotatable bonds is 5. The number of hydrogen-bond donors (Lipinski definition) is 1. The number of anilines is 2. The SMILES string of the molecule is CNc1ncnc(N(C)C(C)c2cccs2)c1[N+](=O)[O-]. The lowest BCUT2D eigenvalue weighted by Gasteiger charge is -2.24. The Labute approximate surface area is 120 Å². The van der Waals surface area contributed by atoms with Gasteiger partial charge in [0.25, 0.3) is 0 Å². The van der Waals surface area contributed by atoms with Crippen molar-refractivity contribution in [3.63, 3.8) is 0 Å². The summed E-state index contributed by atoms with van der Waals surface area (Å²) < 4.78 is 0. The van der Waals surface area contributed by atoms with Crippen molar-refractivity contribution < 1.29 is 4.92 Å². The van der Waals surface area contributed by atoms with Crippen molar-refractivity contribution in [1.82, 2.24) is 9.97 Å². The normalized spacial score (nSPS) is 11.9. The molecule has 1 unspecified atom stereocenters. The number of nitrogens with zero attached hydrogens (tertiary/aromatic N) is 4. The van der Waals surface area contributed by atoms with Gasteiger partial charge in [0.2, 0.25) is 11.6 Å². The third-order valence-corrected chi connectivity index (χ3v) is 4.13. The van der Waals surface area contributed by atoms with Crippen LogP contribution in [0.3, 0.4) is 0 Å². The van der Waals surface area contributed by atoms with Crippen molar-refractivity contribution in [1.29, 1.82) is 0 Å². The topological polar surface area (TPSA) is 84.2 Å². The van der Waals surface area contributed by atoms with Gasteiger partial charge in [-0.3, -0.25) is 10.1 Å². The van der Waals surface area contributed by atoms with E-state index in [-0.39, 0.29) is 17.5 Å². The van der Waals surface area contributed by atoms with E-state index < -0.39 is 4.92 Å². The number of thiophene rings is 1. The predicted octanol–water partition coefficient (Wildman–Crippen LogP) is 2.69. The van der Waals surface area contributed by atoms with Crippen LogP contribution in [0, 0.1) is 10.1 Å². The Balaban J connectivity index is 2.44. The Hall–Kier alpha value is -2.22. The van der Waals surface area contributed by atoms with E-state index in [0.717, 1.165) is 4.88 Å². The van der Waals surface area contributed by atoms with E-state index in [1.807, 2.05) is 24.4 Å². The van der Waals surface area contributed by atoms with Crippen molar-refractivity contribution >= 4 is 28.7 Å². The predicted molar refractivity (Wildman–Crippen MR) is 79.4 cm³/mol. The molecule has 0 spiro atoms. The molecule has 106 valence electrons. The first-order valence-electron chi connectivity index (χ1n) is 5.99. The summed E-state index contributed by atoms with van der Waals surface area (Å²) in [4.78, 5) is 21.7. The Morgan fingerprint density at radius 2 is 2.25 bits per heavy atom. The summed E-state index contributed by atoms with van der Waals surface area (Å²) >= 11 is 1.61. The highest BCUT2D eigenvalue weighted by Crippen LogP contribution is 2.35. The molecular formula is C12H15N5O2S. The van der Waals surface area contributed by atoms with Crippen LogP contribution in [-0.2, 0) is 0 Å². The third kappa shape index (κ3) is 2.55. The lowest BCUT2D eigenvalue weighted by atomic mass is 10.2. The smallest absolute Gasteiger partial charge is 0.353 e. The lowest BCUT2D eigenvalue weighted by molar-refractivity contribution is -0.383. The first kappa shape index (κ1) is 14.2. The van der Waals surface area contributed by atoms with E-state index in [4.69, 9.17) is 0 Å². The van der Waals surface area contributed by atoms with Gasteiger partial charge in [0.15, 0.2) is 0 Å². The van der Waals surface area contributed by atoms with Crippen molar-refractivity contribution in [2.45, 2.75) is 13.0 Å². The van der Waals surface area contributed by atoms with Gasteiger partial charge in [-0.2, -0.15) is 0 Å². The molecule has 0 saturated carbocycles. The van der Waals surface area contributed by atoms with E-state index in [1.54, 1.807) is 30.3 Å². The highest BCUT2D eigenvalue weighted by atomic mass is 32.1. The molecule has 2 aromatic rings. The molecule has 2 rings (SSSR count). The van der Waals surface area contributed by atoms with Gasteiger partial charge >= 0.3 is 5.69 Å². The minimum atomic E-state index is -0.460. The highest BCUT2D eigenvalue weighted by Gasteiger charge is 2.27. The van der Waals surface area contributed by atoms with Crippen LogP contribution >= 0.6 is 11.3 Å². The van der Waals surface area contributed by atoms with Gasteiger partial charge in [-0.25, -0.2) is 9.97 Å². The van der Waals surface area contributed by atoms with Crippen LogP contribution in [0.15, 0.2) is 23.8 Å². The minimum Gasteiger partial charge on any atom is -0.367 e. The molecule has 0 fully saturated rings. The van der Waals surface area contributed by atoms with Crippen LogP contribution in [0.1, 0.15) is 17.8 Å². The van der Waals surface area contributed by atoms with Crippen LogP contribution < -0.4 is 10.2 Å². The largest absolute Gasteiger partial charge is 0.367 e. The van der Waals surface area contributed by atoms with Crippen molar-refractivity contribution in [2.75, 3.05) is 24.3 Å². The second-order valence-corrected chi connectivity index (χ2v) is 5.18. The zero-order valence-corrected chi connectivity index (χ0v) is 12.2. The fourth-order valence-corrected chi connectivity index (χ4v) is 2.71. The van der Waals surface area contributed by atoms with E-state index in [1.165, 1.54) is 6.33 Å². The van der Waals surface area contributed by atoms with Gasteiger partial charge in [0, 0.05) is 19.0 Å². The average molecular weight is 293 g/mol. The van der Waals surface area contributed by atoms with Gasteiger partial charge in [-0.15, -0.1) is 11.3 Å². The molecule has 0 aliphatic rings. The average Bonchev–Trinajstić information content (AvgIpc) is 2.98. The summed E-state index contributed by atoms with van der Waals surface area (Å²) in [6.07, 6.45) is 1.33. The highest BCUT2D eigenvalue weighted by molar-refractivity contribution is 7.10. The minimum absolute atomic E-state index is 0.00620. The molecule has 0 aliphatic carbocycles. The fourth-order valence-electron chi connectivity index (χ4n) is 1.88. The van der Waals surface area contributed by atoms with Gasteiger partial charge in [0.1, 0.15) is 6.33 Å². The molecule has 0 aromatic carbocycles. The summed E-state index contributed by atoms with van der Waals surface area (Å²) in [6, 6.07) is 3.95. The zero-order valence-electron chi connectivity index (χ0n) is 11.4. The molecule has 8 heteroatoms. The Kier molecular flexibility index (Phi) is 4.14. The van der Waals surface area contributed by atoms with Crippen LogP contribution in [0.4, 0.5) is 17.3 Å². The molecule has 0 amide bonds. The standard InChI is InChI=1S/C12H15N5O2S/c1-8(9-5-4-6-20-9)16(3)12-10(17(18)19)11(13-2)14-7-15-12/h4-8H,1-3H3,(H,13,14,15). The third-order valence-electron chi connectivity index (χ3n) is 3.09. The van der Waals surface area contributed by atoms with Gasteiger partial charge in [-0.1, -0.05) is 6.07 Å². The Bertz CT molecular complexity index is 602. The van der Waals surface area contributed by atoms with Gasteiger partial charge in [0.05, 0.1) is 11.0 Å². The van der Waals surface area contributed by atoms with Crippen molar-refractivity contribution in [3.05, 3.63) is 38.8 Å². The molecular weight excluding hydrogens is 278 g/mol. The molecule has 0 bridgehead atoms. The number of nitrogens with one attached hydrogen (secondary N) is 1. The maximum Gasteiger partial charge on any atom is 0.353 e. The van der Waals surface area contributed by atoms with Crippen LogP contribution in [-0.4, -0.2) is 29.0 Å². The van der Waals surface area contributed by atoms with Gasteiger partial charge < -0.3 is 10.2 Å². The molecule has 0 radical (unpaired) electrons. The van der Waals surface area contributed by atoms with Gasteiger partial charge in [-0.05, 0) is 18.4 Å². The number of aromatic nitrogens is 2. The van der Waals surface area contributed by atoms with Crippen molar-refractivity contribution in [2.24, 2.45) is 0 Å². The van der Waals surface area contributed by atoms with Crippen LogP contribution in [0.25, 0.3) is 0 Å².